The van der Waals surface area contributed by atoms with Crippen molar-refractivity contribution in [1.29, 1.82) is 0 Å². The normalized spacial score (nSPS) is 14.8. The van der Waals surface area contributed by atoms with Gasteiger partial charge in [0.15, 0.2) is 0 Å². The minimum atomic E-state index is 0.460. The molecule has 0 spiro atoms. The SMILES string of the molecule is CCN(CC)CC(C)NC(CC(C)C)c1ccccc1. The fourth-order valence-corrected chi connectivity index (χ4v) is 2.72. The van der Waals surface area contributed by atoms with Crippen LogP contribution in [0.5, 0.6) is 0 Å². The van der Waals surface area contributed by atoms with Crippen LogP contribution in [0, 0.1) is 5.92 Å². The van der Waals surface area contributed by atoms with Gasteiger partial charge in [-0.05, 0) is 37.9 Å². The Bertz CT molecular complexity index is 344. The molecule has 1 N–H and O–H groups in total. The van der Waals surface area contributed by atoms with E-state index in [1.165, 1.54) is 12.0 Å². The standard InChI is InChI=1S/C18H32N2/c1-6-20(7-2)14-16(5)19-18(13-15(3)4)17-11-9-8-10-12-17/h8-12,15-16,18-19H,6-7,13-14H2,1-5H3. The molecule has 2 unspecified atom stereocenters. The van der Waals surface area contributed by atoms with Crippen LogP contribution in [0.25, 0.3) is 0 Å². The molecule has 0 aliphatic heterocycles. The molecule has 0 fully saturated rings. The maximum absolute atomic E-state index is 3.82. The van der Waals surface area contributed by atoms with Crippen molar-refractivity contribution in [2.45, 2.75) is 53.1 Å². The summed E-state index contributed by atoms with van der Waals surface area (Å²) in [6, 6.07) is 11.8. The Morgan fingerprint density at radius 3 is 2.10 bits per heavy atom. The molecule has 0 aliphatic carbocycles. The number of likely N-dealkylation sites (N-methyl/N-ethyl adjacent to an activating group) is 1. The van der Waals surface area contributed by atoms with E-state index < -0.39 is 0 Å². The third-order valence-electron chi connectivity index (χ3n) is 3.82. The minimum Gasteiger partial charge on any atom is -0.306 e. The average Bonchev–Trinajstić information content (AvgIpc) is 2.44. The lowest BCUT2D eigenvalue weighted by Crippen LogP contribution is -2.41. The molecule has 0 radical (unpaired) electrons. The van der Waals surface area contributed by atoms with E-state index in [1.807, 2.05) is 0 Å². The van der Waals surface area contributed by atoms with Crippen molar-refractivity contribution in [3.8, 4) is 0 Å². The first kappa shape index (κ1) is 17.2. The van der Waals surface area contributed by atoms with Crippen molar-refractivity contribution in [2.75, 3.05) is 19.6 Å². The van der Waals surface area contributed by atoms with Gasteiger partial charge >= 0.3 is 0 Å². The van der Waals surface area contributed by atoms with Crippen molar-refractivity contribution >= 4 is 0 Å². The topological polar surface area (TPSA) is 15.3 Å². The number of rotatable bonds is 9. The van der Waals surface area contributed by atoms with E-state index in [4.69, 9.17) is 0 Å². The van der Waals surface area contributed by atoms with Gasteiger partial charge in [0.2, 0.25) is 0 Å². The van der Waals surface area contributed by atoms with Gasteiger partial charge in [0.05, 0.1) is 0 Å². The third kappa shape index (κ3) is 6.06. The first-order valence-corrected chi connectivity index (χ1v) is 8.10. The second-order valence-electron chi connectivity index (χ2n) is 6.15. The van der Waals surface area contributed by atoms with Crippen molar-refractivity contribution in [3.63, 3.8) is 0 Å². The molecule has 114 valence electrons. The van der Waals surface area contributed by atoms with Crippen molar-refractivity contribution in [3.05, 3.63) is 35.9 Å². The molecule has 20 heavy (non-hydrogen) atoms. The Kier molecular flexibility index (Phi) is 7.86. The van der Waals surface area contributed by atoms with Crippen LogP contribution in [0.15, 0.2) is 30.3 Å². The summed E-state index contributed by atoms with van der Waals surface area (Å²) in [5, 5.41) is 3.82. The number of nitrogens with one attached hydrogen (secondary N) is 1. The van der Waals surface area contributed by atoms with Gasteiger partial charge in [0.1, 0.15) is 0 Å². The van der Waals surface area contributed by atoms with Crippen LogP contribution in [0.1, 0.15) is 52.6 Å². The molecule has 0 saturated carbocycles. The first-order chi connectivity index (χ1) is 9.56. The van der Waals surface area contributed by atoms with Crippen LogP contribution in [0.3, 0.4) is 0 Å². The van der Waals surface area contributed by atoms with Crippen LogP contribution < -0.4 is 5.32 Å². The first-order valence-electron chi connectivity index (χ1n) is 8.10. The van der Waals surface area contributed by atoms with E-state index in [1.54, 1.807) is 0 Å². The highest BCUT2D eigenvalue weighted by Gasteiger charge is 2.16. The Labute approximate surface area is 125 Å². The number of benzene rings is 1. The lowest BCUT2D eigenvalue weighted by Gasteiger charge is -2.29. The summed E-state index contributed by atoms with van der Waals surface area (Å²) in [7, 11) is 0. The summed E-state index contributed by atoms with van der Waals surface area (Å²) in [6.45, 7) is 14.7. The van der Waals surface area contributed by atoms with E-state index in [0.29, 0.717) is 18.0 Å². The predicted molar refractivity (Wildman–Crippen MR) is 89.0 cm³/mol. The summed E-state index contributed by atoms with van der Waals surface area (Å²) >= 11 is 0. The van der Waals surface area contributed by atoms with Crippen LogP contribution in [0.2, 0.25) is 0 Å². The van der Waals surface area contributed by atoms with Gasteiger partial charge < -0.3 is 10.2 Å². The Balaban J connectivity index is 2.65. The van der Waals surface area contributed by atoms with Crippen molar-refractivity contribution < 1.29 is 0 Å². The molecule has 0 saturated heterocycles. The fourth-order valence-electron chi connectivity index (χ4n) is 2.72. The highest BCUT2D eigenvalue weighted by Crippen LogP contribution is 2.21. The van der Waals surface area contributed by atoms with Crippen molar-refractivity contribution in [2.24, 2.45) is 5.92 Å². The van der Waals surface area contributed by atoms with Crippen molar-refractivity contribution in [1.82, 2.24) is 10.2 Å². The Hall–Kier alpha value is -0.860. The summed E-state index contributed by atoms with van der Waals surface area (Å²) in [5.41, 5.74) is 1.41. The molecule has 1 aromatic rings. The van der Waals surface area contributed by atoms with Crippen LogP contribution in [-0.2, 0) is 0 Å². The van der Waals surface area contributed by atoms with Crippen LogP contribution in [0.4, 0.5) is 0 Å². The molecule has 1 rings (SSSR count). The molecular formula is C18H32N2. The van der Waals surface area contributed by atoms with E-state index in [-0.39, 0.29) is 0 Å². The molecular weight excluding hydrogens is 244 g/mol. The van der Waals surface area contributed by atoms with Gasteiger partial charge in [0, 0.05) is 18.6 Å². The summed E-state index contributed by atoms with van der Waals surface area (Å²) in [5.74, 6) is 0.702. The highest BCUT2D eigenvalue weighted by atomic mass is 15.1. The van der Waals surface area contributed by atoms with Gasteiger partial charge in [0.25, 0.3) is 0 Å². The number of hydrogen-bond donors (Lipinski definition) is 1. The summed E-state index contributed by atoms with van der Waals surface area (Å²) in [4.78, 5) is 2.48. The maximum atomic E-state index is 3.82. The van der Waals surface area contributed by atoms with Gasteiger partial charge in [-0.1, -0.05) is 58.0 Å². The van der Waals surface area contributed by atoms with E-state index in [9.17, 15) is 0 Å². The maximum Gasteiger partial charge on any atom is 0.0325 e. The lowest BCUT2D eigenvalue weighted by molar-refractivity contribution is 0.255. The van der Waals surface area contributed by atoms with E-state index >= 15 is 0 Å². The molecule has 2 heteroatoms. The average molecular weight is 276 g/mol. The molecule has 2 atom stereocenters. The predicted octanol–water partition coefficient (Wildman–Crippen LogP) is 4.09. The van der Waals surface area contributed by atoms with Gasteiger partial charge in [-0.15, -0.1) is 0 Å². The van der Waals surface area contributed by atoms with Crippen LogP contribution in [-0.4, -0.2) is 30.6 Å². The van der Waals surface area contributed by atoms with Gasteiger partial charge in [-0.25, -0.2) is 0 Å². The fraction of sp³-hybridized carbons (Fsp3) is 0.667. The zero-order valence-corrected chi connectivity index (χ0v) is 13.9. The molecule has 0 heterocycles. The minimum absolute atomic E-state index is 0.460. The molecule has 0 aliphatic rings. The Morgan fingerprint density at radius 1 is 1.00 bits per heavy atom. The van der Waals surface area contributed by atoms with E-state index in [2.05, 4.69) is 75.2 Å². The van der Waals surface area contributed by atoms with Gasteiger partial charge in [-0.2, -0.15) is 0 Å². The lowest BCUT2D eigenvalue weighted by atomic mass is 9.96. The highest BCUT2D eigenvalue weighted by molar-refractivity contribution is 5.19. The number of hydrogen-bond acceptors (Lipinski definition) is 2. The largest absolute Gasteiger partial charge is 0.306 e. The quantitative estimate of drug-likeness (QED) is 0.730. The van der Waals surface area contributed by atoms with E-state index in [0.717, 1.165) is 19.6 Å². The number of nitrogens with zero attached hydrogens (tertiary/aromatic N) is 1. The van der Waals surface area contributed by atoms with Crippen LogP contribution >= 0.6 is 0 Å². The summed E-state index contributed by atoms with van der Waals surface area (Å²) in [6.07, 6.45) is 1.19. The zero-order valence-electron chi connectivity index (χ0n) is 13.9. The molecule has 0 amide bonds. The van der Waals surface area contributed by atoms with Gasteiger partial charge in [-0.3, -0.25) is 0 Å². The smallest absolute Gasteiger partial charge is 0.0325 e. The molecule has 2 nitrogen and oxygen atoms in total. The summed E-state index contributed by atoms with van der Waals surface area (Å²) < 4.78 is 0. The molecule has 1 aromatic carbocycles. The molecule has 0 aromatic heterocycles. The second-order valence-corrected chi connectivity index (χ2v) is 6.15. The Morgan fingerprint density at radius 2 is 1.60 bits per heavy atom. The second kappa shape index (κ2) is 9.15. The third-order valence-corrected chi connectivity index (χ3v) is 3.82. The molecule has 0 bridgehead atoms. The monoisotopic (exact) mass is 276 g/mol. The zero-order chi connectivity index (χ0) is 15.0.